The number of fused-ring (bicyclic) bond motifs is 2. The van der Waals surface area contributed by atoms with Crippen molar-refractivity contribution >= 4 is 62.3 Å². The standard InChI is InChI=1S/C30H28Cl2N2O3S/c1-3-15-37-30(36)26-21-10-5-4-6-12-24(21)38-29(26)34-28(35)25-17(2)27(19-14-13-18(31)16-22(19)32)33-23-11-8-7-9-20(23)25/h7-9,11,13-14,16H,3-6,10,12,15H2,1-2H3,(H,34,35). The molecule has 2 heterocycles. The molecule has 0 unspecified atom stereocenters. The second kappa shape index (κ2) is 11.4. The maximum absolute atomic E-state index is 14.0. The van der Waals surface area contributed by atoms with Gasteiger partial charge in [0.1, 0.15) is 5.00 Å². The van der Waals surface area contributed by atoms with E-state index in [1.165, 1.54) is 11.3 Å². The maximum atomic E-state index is 14.0. The number of anilines is 1. The Labute approximate surface area is 236 Å². The summed E-state index contributed by atoms with van der Waals surface area (Å²) < 4.78 is 5.55. The number of halogens is 2. The summed E-state index contributed by atoms with van der Waals surface area (Å²) in [4.78, 5) is 33.2. The van der Waals surface area contributed by atoms with E-state index in [0.29, 0.717) is 55.1 Å². The number of hydrogen-bond donors (Lipinski definition) is 1. The van der Waals surface area contributed by atoms with Gasteiger partial charge in [0, 0.05) is 20.8 Å². The number of nitrogens with one attached hydrogen (secondary N) is 1. The van der Waals surface area contributed by atoms with Crippen molar-refractivity contribution in [3.63, 3.8) is 0 Å². The van der Waals surface area contributed by atoms with Crippen molar-refractivity contribution in [1.29, 1.82) is 0 Å². The fourth-order valence-electron chi connectivity index (χ4n) is 5.02. The normalized spacial score (nSPS) is 13.2. The van der Waals surface area contributed by atoms with Crippen molar-refractivity contribution in [3.05, 3.63) is 79.6 Å². The molecule has 0 atom stereocenters. The zero-order valence-electron chi connectivity index (χ0n) is 21.3. The molecule has 2 aromatic carbocycles. The Morgan fingerprint density at radius 1 is 1.05 bits per heavy atom. The third-order valence-electron chi connectivity index (χ3n) is 6.84. The molecule has 1 amide bonds. The first-order valence-electron chi connectivity index (χ1n) is 12.9. The van der Waals surface area contributed by atoms with Crippen molar-refractivity contribution in [2.45, 2.75) is 52.4 Å². The summed E-state index contributed by atoms with van der Waals surface area (Å²) in [6, 6.07) is 12.8. The zero-order valence-corrected chi connectivity index (χ0v) is 23.7. The molecule has 0 saturated carbocycles. The van der Waals surface area contributed by atoms with E-state index in [-0.39, 0.29) is 11.9 Å². The summed E-state index contributed by atoms with van der Waals surface area (Å²) in [5, 5.41) is 5.35. The van der Waals surface area contributed by atoms with Crippen LogP contribution < -0.4 is 5.32 Å². The summed E-state index contributed by atoms with van der Waals surface area (Å²) in [5.41, 5.74) is 4.69. The van der Waals surface area contributed by atoms with Crippen molar-refractivity contribution in [2.75, 3.05) is 11.9 Å². The number of para-hydroxylation sites is 1. The number of esters is 1. The van der Waals surface area contributed by atoms with Gasteiger partial charge in [-0.25, -0.2) is 9.78 Å². The number of ether oxygens (including phenoxy) is 1. The summed E-state index contributed by atoms with van der Waals surface area (Å²) >= 11 is 14.2. The Kier molecular flexibility index (Phi) is 8.03. The maximum Gasteiger partial charge on any atom is 0.341 e. The third kappa shape index (κ3) is 5.18. The lowest BCUT2D eigenvalue weighted by atomic mass is 9.97. The lowest BCUT2D eigenvalue weighted by Crippen LogP contribution is -2.17. The number of hydrogen-bond acceptors (Lipinski definition) is 5. The van der Waals surface area contributed by atoms with Crippen LogP contribution in [-0.2, 0) is 17.6 Å². The first-order valence-corrected chi connectivity index (χ1v) is 14.4. The van der Waals surface area contributed by atoms with Gasteiger partial charge in [-0.05, 0) is 74.4 Å². The third-order valence-corrected chi connectivity index (χ3v) is 8.59. The van der Waals surface area contributed by atoms with Crippen LogP contribution in [0.4, 0.5) is 5.00 Å². The Bertz CT molecular complexity index is 1550. The van der Waals surface area contributed by atoms with E-state index in [1.807, 2.05) is 44.2 Å². The highest BCUT2D eigenvalue weighted by atomic mass is 35.5. The van der Waals surface area contributed by atoms with Crippen LogP contribution in [0.15, 0.2) is 42.5 Å². The molecule has 4 aromatic rings. The molecule has 1 N–H and O–H groups in total. The molecule has 8 heteroatoms. The number of thiophene rings is 1. The molecule has 0 bridgehead atoms. The molecule has 196 valence electrons. The molecule has 38 heavy (non-hydrogen) atoms. The molecule has 0 saturated heterocycles. The van der Waals surface area contributed by atoms with Crippen LogP contribution in [0.3, 0.4) is 0 Å². The number of nitrogens with zero attached hydrogens (tertiary/aromatic N) is 1. The smallest absolute Gasteiger partial charge is 0.341 e. The Morgan fingerprint density at radius 2 is 1.84 bits per heavy atom. The summed E-state index contributed by atoms with van der Waals surface area (Å²) in [5.74, 6) is -0.667. The number of carbonyl (C=O) groups excluding carboxylic acids is 2. The molecular formula is C30H28Cl2N2O3S. The summed E-state index contributed by atoms with van der Waals surface area (Å²) in [6.45, 7) is 4.18. The number of aryl methyl sites for hydroxylation is 1. The minimum Gasteiger partial charge on any atom is -0.462 e. The van der Waals surface area contributed by atoms with Crippen LogP contribution in [0, 0.1) is 6.92 Å². The number of aromatic nitrogens is 1. The second-order valence-corrected chi connectivity index (χ2v) is 11.4. The minimum atomic E-state index is -0.369. The molecule has 1 aliphatic rings. The van der Waals surface area contributed by atoms with Crippen LogP contribution in [-0.4, -0.2) is 23.5 Å². The molecule has 5 rings (SSSR count). The van der Waals surface area contributed by atoms with E-state index in [0.717, 1.165) is 54.4 Å². The van der Waals surface area contributed by atoms with E-state index in [4.69, 9.17) is 32.9 Å². The number of carbonyl (C=O) groups is 2. The first kappa shape index (κ1) is 26.7. The predicted molar refractivity (Wildman–Crippen MR) is 156 cm³/mol. The predicted octanol–water partition coefficient (Wildman–Crippen LogP) is 8.67. The van der Waals surface area contributed by atoms with E-state index >= 15 is 0 Å². The zero-order chi connectivity index (χ0) is 26.8. The molecule has 5 nitrogen and oxygen atoms in total. The van der Waals surface area contributed by atoms with Crippen LogP contribution in [0.2, 0.25) is 10.0 Å². The lowest BCUT2D eigenvalue weighted by Gasteiger charge is -2.16. The molecule has 0 spiro atoms. The van der Waals surface area contributed by atoms with E-state index < -0.39 is 0 Å². The van der Waals surface area contributed by atoms with Gasteiger partial charge >= 0.3 is 5.97 Å². The largest absolute Gasteiger partial charge is 0.462 e. The van der Waals surface area contributed by atoms with Crippen LogP contribution >= 0.6 is 34.5 Å². The van der Waals surface area contributed by atoms with Crippen molar-refractivity contribution in [3.8, 4) is 11.3 Å². The quantitative estimate of drug-likeness (QED) is 0.187. The summed E-state index contributed by atoms with van der Waals surface area (Å²) in [6.07, 6.45) is 5.67. The highest BCUT2D eigenvalue weighted by Crippen LogP contribution is 2.40. The van der Waals surface area contributed by atoms with Crippen LogP contribution in [0.25, 0.3) is 22.2 Å². The molecule has 1 aliphatic carbocycles. The number of amides is 1. The monoisotopic (exact) mass is 566 g/mol. The SMILES string of the molecule is CCCOC(=O)c1c(NC(=O)c2c(C)c(-c3ccc(Cl)cc3Cl)nc3ccccc23)sc2c1CCCCC2. The van der Waals surface area contributed by atoms with Gasteiger partial charge in [-0.3, -0.25) is 4.79 Å². The van der Waals surface area contributed by atoms with E-state index in [2.05, 4.69) is 5.32 Å². The first-order chi connectivity index (χ1) is 18.4. The molecule has 0 fully saturated rings. The number of rotatable bonds is 6. The molecule has 2 aromatic heterocycles. The van der Waals surface area contributed by atoms with Gasteiger partial charge in [0.2, 0.25) is 0 Å². The minimum absolute atomic E-state index is 0.298. The fraction of sp³-hybridized carbons (Fsp3) is 0.300. The molecule has 0 aliphatic heterocycles. The van der Waals surface area contributed by atoms with Gasteiger partial charge < -0.3 is 10.1 Å². The van der Waals surface area contributed by atoms with Gasteiger partial charge in [-0.2, -0.15) is 0 Å². The van der Waals surface area contributed by atoms with E-state index in [1.54, 1.807) is 12.1 Å². The fourth-order valence-corrected chi connectivity index (χ4v) is 6.79. The van der Waals surface area contributed by atoms with Gasteiger partial charge in [-0.15, -0.1) is 11.3 Å². The molecular weight excluding hydrogens is 539 g/mol. The lowest BCUT2D eigenvalue weighted by molar-refractivity contribution is 0.0505. The highest BCUT2D eigenvalue weighted by Gasteiger charge is 2.28. The highest BCUT2D eigenvalue weighted by molar-refractivity contribution is 7.17. The van der Waals surface area contributed by atoms with E-state index in [9.17, 15) is 9.59 Å². The molecule has 0 radical (unpaired) electrons. The Balaban J connectivity index is 1.62. The van der Waals surface area contributed by atoms with Gasteiger partial charge in [-0.1, -0.05) is 54.7 Å². The summed E-state index contributed by atoms with van der Waals surface area (Å²) in [7, 11) is 0. The topological polar surface area (TPSA) is 68.3 Å². The number of benzene rings is 2. The second-order valence-electron chi connectivity index (χ2n) is 9.46. The van der Waals surface area contributed by atoms with Crippen LogP contribution in [0.1, 0.15) is 69.3 Å². The van der Waals surface area contributed by atoms with Crippen molar-refractivity contribution in [1.82, 2.24) is 4.98 Å². The average molecular weight is 568 g/mol. The van der Waals surface area contributed by atoms with Crippen molar-refractivity contribution < 1.29 is 14.3 Å². The van der Waals surface area contributed by atoms with Crippen LogP contribution in [0.5, 0.6) is 0 Å². The van der Waals surface area contributed by atoms with Gasteiger partial charge in [0.15, 0.2) is 0 Å². The Hall–Kier alpha value is -2.93. The van der Waals surface area contributed by atoms with Gasteiger partial charge in [0.25, 0.3) is 5.91 Å². The Morgan fingerprint density at radius 3 is 2.63 bits per heavy atom. The van der Waals surface area contributed by atoms with Crippen molar-refractivity contribution in [2.24, 2.45) is 0 Å². The van der Waals surface area contributed by atoms with Gasteiger partial charge in [0.05, 0.1) is 34.0 Å². The number of pyridine rings is 1. The average Bonchev–Trinajstić information content (AvgIpc) is 3.07.